The number of nitrogens with two attached hydrogens (primary N) is 1. The van der Waals surface area contributed by atoms with Crippen molar-refractivity contribution in [2.45, 2.75) is 44.4 Å². The Labute approximate surface area is 128 Å². The fourth-order valence-electron chi connectivity index (χ4n) is 2.68. The average Bonchev–Trinajstić information content (AvgIpc) is 2.57. The molecule has 1 atom stereocenters. The van der Waals surface area contributed by atoms with Crippen LogP contribution in [0.15, 0.2) is 24.3 Å². The van der Waals surface area contributed by atoms with E-state index >= 15 is 0 Å². The molecule has 3 heteroatoms. The highest BCUT2D eigenvalue weighted by atomic mass is 32.2. The van der Waals surface area contributed by atoms with Gasteiger partial charge in [0.15, 0.2) is 0 Å². The summed E-state index contributed by atoms with van der Waals surface area (Å²) in [4.78, 5) is 2.58. The molecule has 1 aliphatic heterocycles. The van der Waals surface area contributed by atoms with Crippen LogP contribution in [-0.2, 0) is 0 Å². The Morgan fingerprint density at radius 3 is 2.90 bits per heavy atom. The first kappa shape index (κ1) is 15.9. The zero-order chi connectivity index (χ0) is 14.6. The molecule has 1 aliphatic rings. The zero-order valence-corrected chi connectivity index (χ0v) is 13.9. The minimum atomic E-state index is 0.166. The van der Waals surface area contributed by atoms with Gasteiger partial charge in [-0.1, -0.05) is 43.7 Å². The van der Waals surface area contributed by atoms with Gasteiger partial charge < -0.3 is 10.6 Å². The number of hydrogen-bond acceptors (Lipinski definition) is 3. The van der Waals surface area contributed by atoms with Crippen LogP contribution >= 0.6 is 11.8 Å². The molecule has 20 heavy (non-hydrogen) atoms. The van der Waals surface area contributed by atoms with Gasteiger partial charge >= 0.3 is 0 Å². The van der Waals surface area contributed by atoms with Crippen molar-refractivity contribution in [3.05, 3.63) is 35.4 Å². The molecule has 0 amide bonds. The van der Waals surface area contributed by atoms with Gasteiger partial charge in [-0.05, 0) is 38.4 Å². The van der Waals surface area contributed by atoms with E-state index in [1.165, 1.54) is 36.4 Å². The molecular weight excluding hydrogens is 264 g/mol. The summed E-state index contributed by atoms with van der Waals surface area (Å²) >= 11 is 2.10. The predicted molar refractivity (Wildman–Crippen MR) is 90.3 cm³/mol. The minimum absolute atomic E-state index is 0.166. The minimum Gasteiger partial charge on any atom is -0.324 e. The molecule has 2 rings (SSSR count). The van der Waals surface area contributed by atoms with Crippen LogP contribution in [0.5, 0.6) is 0 Å². The second-order valence-corrected chi connectivity index (χ2v) is 8.31. The van der Waals surface area contributed by atoms with E-state index in [-0.39, 0.29) is 6.04 Å². The summed E-state index contributed by atoms with van der Waals surface area (Å²) in [6.45, 7) is 10.4. The van der Waals surface area contributed by atoms with E-state index in [0.29, 0.717) is 4.75 Å². The molecule has 1 aromatic carbocycles. The maximum Gasteiger partial charge on any atom is 0.0307 e. The van der Waals surface area contributed by atoms with E-state index in [9.17, 15) is 0 Å². The molecule has 1 saturated heterocycles. The lowest BCUT2D eigenvalue weighted by Crippen LogP contribution is -2.30. The molecule has 1 fully saturated rings. The van der Waals surface area contributed by atoms with Gasteiger partial charge in [0.05, 0.1) is 0 Å². The van der Waals surface area contributed by atoms with E-state index in [1.807, 2.05) is 0 Å². The van der Waals surface area contributed by atoms with Crippen molar-refractivity contribution in [1.29, 1.82) is 0 Å². The van der Waals surface area contributed by atoms with E-state index in [0.717, 1.165) is 13.0 Å². The zero-order valence-electron chi connectivity index (χ0n) is 13.1. The van der Waals surface area contributed by atoms with Crippen molar-refractivity contribution in [1.82, 2.24) is 4.90 Å². The molecular formula is C17H28N2S. The summed E-state index contributed by atoms with van der Waals surface area (Å²) in [6, 6.07) is 8.77. The highest BCUT2D eigenvalue weighted by molar-refractivity contribution is 8.00. The lowest BCUT2D eigenvalue weighted by molar-refractivity contribution is 0.273. The Bertz CT molecular complexity index is 431. The topological polar surface area (TPSA) is 29.3 Å². The fourth-order valence-corrected chi connectivity index (χ4v) is 3.81. The van der Waals surface area contributed by atoms with Crippen molar-refractivity contribution in [3.8, 4) is 0 Å². The molecule has 0 radical (unpaired) electrons. The average molecular weight is 292 g/mol. The van der Waals surface area contributed by atoms with E-state index in [4.69, 9.17) is 5.73 Å². The molecule has 1 heterocycles. The number of rotatable bonds is 4. The van der Waals surface area contributed by atoms with Crippen molar-refractivity contribution in [2.75, 3.05) is 25.4 Å². The van der Waals surface area contributed by atoms with Gasteiger partial charge in [0.25, 0.3) is 0 Å². The largest absolute Gasteiger partial charge is 0.324 e. The number of hydrogen-bond donors (Lipinski definition) is 1. The number of nitrogens with zero attached hydrogens (tertiary/aromatic N) is 1. The first-order valence-electron chi connectivity index (χ1n) is 7.65. The third-order valence-electron chi connectivity index (χ3n) is 4.16. The van der Waals surface area contributed by atoms with Crippen LogP contribution in [0.25, 0.3) is 0 Å². The molecule has 1 aromatic rings. The van der Waals surface area contributed by atoms with E-state index < -0.39 is 0 Å². The second-order valence-electron chi connectivity index (χ2n) is 6.51. The van der Waals surface area contributed by atoms with Gasteiger partial charge in [0, 0.05) is 23.1 Å². The highest BCUT2D eigenvalue weighted by Crippen LogP contribution is 2.30. The van der Waals surface area contributed by atoms with Crippen LogP contribution < -0.4 is 5.73 Å². The maximum atomic E-state index is 6.34. The van der Waals surface area contributed by atoms with E-state index in [1.54, 1.807) is 0 Å². The fraction of sp³-hybridized carbons (Fsp3) is 0.647. The van der Waals surface area contributed by atoms with Crippen LogP contribution in [0.3, 0.4) is 0 Å². The van der Waals surface area contributed by atoms with Crippen molar-refractivity contribution in [2.24, 2.45) is 5.73 Å². The number of thioether (sulfide) groups is 1. The van der Waals surface area contributed by atoms with Crippen LogP contribution in [0.2, 0.25) is 0 Å². The SMILES string of the molecule is Cc1cccc(C(N)CCN2CCSC(C)(C)CC2)c1. The summed E-state index contributed by atoms with van der Waals surface area (Å²) in [5.74, 6) is 1.24. The molecule has 1 unspecified atom stereocenters. The van der Waals surface area contributed by atoms with Gasteiger partial charge in [-0.25, -0.2) is 0 Å². The number of benzene rings is 1. The van der Waals surface area contributed by atoms with Crippen LogP contribution in [-0.4, -0.2) is 35.0 Å². The van der Waals surface area contributed by atoms with Crippen molar-refractivity contribution in [3.63, 3.8) is 0 Å². The molecule has 0 saturated carbocycles. The monoisotopic (exact) mass is 292 g/mol. The Balaban J connectivity index is 1.83. The molecule has 0 aromatic heterocycles. The summed E-state index contributed by atoms with van der Waals surface area (Å²) in [5.41, 5.74) is 8.91. The second kappa shape index (κ2) is 6.97. The highest BCUT2D eigenvalue weighted by Gasteiger charge is 2.23. The molecule has 112 valence electrons. The molecule has 2 nitrogen and oxygen atoms in total. The first-order valence-corrected chi connectivity index (χ1v) is 8.63. The van der Waals surface area contributed by atoms with Gasteiger partial charge in [-0.15, -0.1) is 0 Å². The standard InChI is InChI=1S/C17H28N2S/c1-14-5-4-6-15(13-14)16(18)7-9-19-10-8-17(2,3)20-12-11-19/h4-6,13,16H,7-12,18H2,1-3H3. The summed E-state index contributed by atoms with van der Waals surface area (Å²) in [6.07, 6.45) is 2.33. The summed E-state index contributed by atoms with van der Waals surface area (Å²) < 4.78 is 0.438. The van der Waals surface area contributed by atoms with E-state index in [2.05, 4.69) is 61.7 Å². The Kier molecular flexibility index (Phi) is 5.53. The Morgan fingerprint density at radius 1 is 1.35 bits per heavy atom. The smallest absolute Gasteiger partial charge is 0.0307 e. The summed E-state index contributed by atoms with van der Waals surface area (Å²) in [5, 5.41) is 0. The normalized spacial score (nSPS) is 21.4. The van der Waals surface area contributed by atoms with Gasteiger partial charge in [0.1, 0.15) is 0 Å². The third-order valence-corrected chi connectivity index (χ3v) is 5.53. The lowest BCUT2D eigenvalue weighted by Gasteiger charge is -2.23. The lowest BCUT2D eigenvalue weighted by atomic mass is 10.0. The van der Waals surface area contributed by atoms with Crippen LogP contribution in [0, 0.1) is 6.92 Å². The first-order chi connectivity index (χ1) is 9.46. The van der Waals surface area contributed by atoms with Gasteiger partial charge in [-0.3, -0.25) is 0 Å². The van der Waals surface area contributed by atoms with Crippen molar-refractivity contribution >= 4 is 11.8 Å². The molecule has 0 spiro atoms. The van der Waals surface area contributed by atoms with Crippen LogP contribution in [0.4, 0.5) is 0 Å². The predicted octanol–water partition coefficient (Wildman–Crippen LogP) is 3.60. The maximum absolute atomic E-state index is 6.34. The van der Waals surface area contributed by atoms with Gasteiger partial charge in [-0.2, -0.15) is 11.8 Å². The third kappa shape index (κ3) is 4.80. The molecule has 0 bridgehead atoms. The Morgan fingerprint density at radius 2 is 2.15 bits per heavy atom. The van der Waals surface area contributed by atoms with Crippen LogP contribution in [0.1, 0.15) is 43.9 Å². The molecule has 0 aliphatic carbocycles. The van der Waals surface area contributed by atoms with Gasteiger partial charge in [0.2, 0.25) is 0 Å². The summed E-state index contributed by atoms with van der Waals surface area (Å²) in [7, 11) is 0. The molecule has 2 N–H and O–H groups in total. The number of aryl methyl sites for hydroxylation is 1. The quantitative estimate of drug-likeness (QED) is 0.919. The Hall–Kier alpha value is -0.510. The van der Waals surface area contributed by atoms with Crippen molar-refractivity contribution < 1.29 is 0 Å².